The lowest BCUT2D eigenvalue weighted by molar-refractivity contribution is 0.253. The monoisotopic (exact) mass is 303 g/mol. The van der Waals surface area contributed by atoms with E-state index < -0.39 is 20.6 Å². The summed E-state index contributed by atoms with van der Waals surface area (Å²) in [5.74, 6) is -0.381. The predicted octanol–water partition coefficient (Wildman–Crippen LogP) is 1.32. The molecule has 0 radical (unpaired) electrons. The second-order valence-electron chi connectivity index (χ2n) is 5.44. The molecule has 0 saturated heterocycles. The van der Waals surface area contributed by atoms with Gasteiger partial charge in [0.15, 0.2) is 9.84 Å². The Kier molecular flexibility index (Phi) is 3.36. The zero-order chi connectivity index (χ0) is 15.1. The molecule has 2 aromatic carbocycles. The van der Waals surface area contributed by atoms with Crippen LogP contribution in [0.25, 0.3) is 0 Å². The minimum absolute atomic E-state index is 0.247. The zero-order valence-electron chi connectivity index (χ0n) is 11.4. The highest BCUT2D eigenvalue weighted by atomic mass is 32.2. The van der Waals surface area contributed by atoms with E-state index in [1.807, 2.05) is 30.3 Å². The molecule has 110 valence electrons. The molecule has 0 aliphatic heterocycles. The maximum atomic E-state index is 12.8. The largest absolute Gasteiger partial charge is 0.394 e. The standard InChI is InChI=1S/C16H17NO3S/c17-16(11-18)14(12-7-3-1-4-8-12)15(16)21(19,20)13-9-5-2-6-10-13/h1-10,14-15,18H,11,17H2/t14-,15-,16-/m0/s1. The van der Waals surface area contributed by atoms with E-state index in [1.54, 1.807) is 30.3 Å². The second kappa shape index (κ2) is 4.94. The van der Waals surface area contributed by atoms with Crippen molar-refractivity contribution in [3.05, 3.63) is 66.2 Å². The summed E-state index contributed by atoms with van der Waals surface area (Å²) in [5.41, 5.74) is 5.89. The molecular weight excluding hydrogens is 286 g/mol. The summed E-state index contributed by atoms with van der Waals surface area (Å²) in [6.07, 6.45) is 0. The van der Waals surface area contributed by atoms with E-state index in [-0.39, 0.29) is 17.4 Å². The third-order valence-electron chi connectivity index (χ3n) is 4.14. The van der Waals surface area contributed by atoms with Gasteiger partial charge < -0.3 is 10.8 Å². The van der Waals surface area contributed by atoms with Crippen LogP contribution < -0.4 is 5.73 Å². The van der Waals surface area contributed by atoms with Gasteiger partial charge in [-0.25, -0.2) is 8.42 Å². The Hall–Kier alpha value is -1.69. The van der Waals surface area contributed by atoms with E-state index in [2.05, 4.69) is 0 Å². The van der Waals surface area contributed by atoms with Crippen molar-refractivity contribution < 1.29 is 13.5 Å². The minimum Gasteiger partial charge on any atom is -0.394 e. The summed E-state index contributed by atoms with van der Waals surface area (Å²) in [7, 11) is -3.57. The highest BCUT2D eigenvalue weighted by Gasteiger charge is 2.68. The Bertz CT molecular complexity index is 731. The second-order valence-corrected chi connectivity index (χ2v) is 7.51. The zero-order valence-corrected chi connectivity index (χ0v) is 12.2. The number of rotatable bonds is 4. The smallest absolute Gasteiger partial charge is 0.183 e. The van der Waals surface area contributed by atoms with Crippen LogP contribution in [0.2, 0.25) is 0 Å². The number of nitrogens with two attached hydrogens (primary N) is 1. The fourth-order valence-electron chi connectivity index (χ4n) is 2.98. The molecule has 3 N–H and O–H groups in total. The van der Waals surface area contributed by atoms with Gasteiger partial charge in [0.2, 0.25) is 0 Å². The van der Waals surface area contributed by atoms with Crippen molar-refractivity contribution in [2.45, 2.75) is 21.6 Å². The third-order valence-corrected chi connectivity index (χ3v) is 6.45. The molecule has 2 aromatic rings. The SMILES string of the molecule is N[C@@]1(CO)[C@@H](c2ccccc2)[C@@H]1S(=O)(=O)c1ccccc1. The predicted molar refractivity (Wildman–Crippen MR) is 80.6 cm³/mol. The van der Waals surface area contributed by atoms with E-state index >= 15 is 0 Å². The first-order valence-electron chi connectivity index (χ1n) is 6.75. The molecule has 5 heteroatoms. The van der Waals surface area contributed by atoms with Crippen molar-refractivity contribution in [3.8, 4) is 0 Å². The van der Waals surface area contributed by atoms with Gasteiger partial charge in [-0.1, -0.05) is 48.5 Å². The maximum absolute atomic E-state index is 12.8. The van der Waals surface area contributed by atoms with Crippen LogP contribution in [0.1, 0.15) is 11.5 Å². The minimum atomic E-state index is -3.57. The molecule has 4 nitrogen and oxygen atoms in total. The van der Waals surface area contributed by atoms with Gasteiger partial charge in [0.05, 0.1) is 22.3 Å². The van der Waals surface area contributed by atoms with Crippen LogP contribution in [0.15, 0.2) is 65.6 Å². The Labute approximate surface area is 124 Å². The summed E-state index contributed by atoms with van der Waals surface area (Å²) < 4.78 is 25.5. The van der Waals surface area contributed by atoms with E-state index in [9.17, 15) is 13.5 Å². The molecule has 0 bridgehead atoms. The van der Waals surface area contributed by atoms with Crippen LogP contribution in [0.5, 0.6) is 0 Å². The Morgan fingerprint density at radius 1 is 1.00 bits per heavy atom. The van der Waals surface area contributed by atoms with Crippen molar-refractivity contribution in [1.29, 1.82) is 0 Å². The number of benzene rings is 2. The van der Waals surface area contributed by atoms with Crippen LogP contribution in [0, 0.1) is 0 Å². The Morgan fingerprint density at radius 3 is 2.05 bits per heavy atom. The van der Waals surface area contributed by atoms with Gasteiger partial charge in [-0.3, -0.25) is 0 Å². The highest BCUT2D eigenvalue weighted by Crippen LogP contribution is 2.55. The van der Waals surface area contributed by atoms with Crippen LogP contribution >= 0.6 is 0 Å². The molecule has 3 atom stereocenters. The Morgan fingerprint density at radius 2 is 1.52 bits per heavy atom. The van der Waals surface area contributed by atoms with Crippen LogP contribution in [-0.2, 0) is 9.84 Å². The maximum Gasteiger partial charge on any atom is 0.183 e. The summed E-state index contributed by atoms with van der Waals surface area (Å²) in [4.78, 5) is 0.247. The molecule has 1 fully saturated rings. The van der Waals surface area contributed by atoms with Crippen molar-refractivity contribution >= 4 is 9.84 Å². The molecule has 0 unspecified atom stereocenters. The fourth-order valence-corrected chi connectivity index (χ4v) is 5.30. The number of sulfone groups is 1. The molecule has 0 aromatic heterocycles. The van der Waals surface area contributed by atoms with Crippen LogP contribution in [0.4, 0.5) is 0 Å². The van der Waals surface area contributed by atoms with Gasteiger partial charge in [0, 0.05) is 5.92 Å². The lowest BCUT2D eigenvalue weighted by Crippen LogP contribution is -2.35. The van der Waals surface area contributed by atoms with Gasteiger partial charge in [-0.05, 0) is 17.7 Å². The molecule has 0 spiro atoms. The number of hydrogen-bond donors (Lipinski definition) is 2. The van der Waals surface area contributed by atoms with Crippen LogP contribution in [-0.4, -0.2) is 30.9 Å². The third kappa shape index (κ3) is 2.18. The van der Waals surface area contributed by atoms with Gasteiger partial charge >= 0.3 is 0 Å². The molecular formula is C16H17NO3S. The molecule has 0 heterocycles. The van der Waals surface area contributed by atoms with Crippen molar-refractivity contribution in [2.75, 3.05) is 6.61 Å². The summed E-state index contributed by atoms with van der Waals surface area (Å²) in [6, 6.07) is 17.5. The molecule has 21 heavy (non-hydrogen) atoms. The molecule has 1 aliphatic rings. The number of aliphatic hydroxyl groups is 1. The van der Waals surface area contributed by atoms with Crippen LogP contribution in [0.3, 0.4) is 0 Å². The molecule has 1 saturated carbocycles. The number of aliphatic hydroxyl groups excluding tert-OH is 1. The fraction of sp³-hybridized carbons (Fsp3) is 0.250. The quantitative estimate of drug-likeness (QED) is 0.892. The summed E-state index contributed by atoms with van der Waals surface area (Å²) in [5, 5.41) is 8.80. The van der Waals surface area contributed by atoms with E-state index in [4.69, 9.17) is 5.73 Å². The van der Waals surface area contributed by atoms with Crippen molar-refractivity contribution in [1.82, 2.24) is 0 Å². The highest BCUT2D eigenvalue weighted by molar-refractivity contribution is 7.92. The van der Waals surface area contributed by atoms with Gasteiger partial charge in [-0.15, -0.1) is 0 Å². The average Bonchev–Trinajstić information content (AvgIpc) is 3.17. The summed E-state index contributed by atoms with van der Waals surface area (Å²) >= 11 is 0. The number of hydrogen-bond acceptors (Lipinski definition) is 4. The first-order chi connectivity index (χ1) is 10.0. The van der Waals surface area contributed by atoms with Crippen molar-refractivity contribution in [3.63, 3.8) is 0 Å². The lowest BCUT2D eigenvalue weighted by atomic mass is 10.1. The summed E-state index contributed by atoms with van der Waals surface area (Å²) in [6.45, 7) is -0.358. The van der Waals surface area contributed by atoms with Gasteiger partial charge in [0.25, 0.3) is 0 Å². The van der Waals surface area contributed by atoms with E-state index in [0.29, 0.717) is 0 Å². The van der Waals surface area contributed by atoms with Gasteiger partial charge in [0.1, 0.15) is 0 Å². The average molecular weight is 303 g/mol. The lowest BCUT2D eigenvalue weighted by Gasteiger charge is -2.08. The Balaban J connectivity index is 2.03. The van der Waals surface area contributed by atoms with Gasteiger partial charge in [-0.2, -0.15) is 0 Å². The first kappa shape index (κ1) is 14.3. The first-order valence-corrected chi connectivity index (χ1v) is 8.30. The van der Waals surface area contributed by atoms with E-state index in [1.165, 1.54) is 0 Å². The normalized spacial score (nSPS) is 28.3. The topological polar surface area (TPSA) is 80.4 Å². The molecule has 1 aliphatic carbocycles. The molecule has 0 amide bonds. The van der Waals surface area contributed by atoms with Crippen molar-refractivity contribution in [2.24, 2.45) is 5.73 Å². The molecule has 3 rings (SSSR count). The van der Waals surface area contributed by atoms with E-state index in [0.717, 1.165) is 5.56 Å².